The third-order valence-corrected chi connectivity index (χ3v) is 6.13. The van der Waals surface area contributed by atoms with Crippen LogP contribution in [0.2, 0.25) is 0 Å². The number of hydrogen-bond acceptors (Lipinski definition) is 2. The van der Waals surface area contributed by atoms with Crippen LogP contribution in [0.3, 0.4) is 0 Å². The highest BCUT2D eigenvalue weighted by Crippen LogP contribution is 2.46. The molecule has 2 heteroatoms. The van der Waals surface area contributed by atoms with Gasteiger partial charge in [-0.1, -0.05) is 13.3 Å². The standard InChI is InChI=1S/C19H30N2/c1-2-17-3-8-19(9-4-17)10-15-21(16-11-19)14-7-18-5-12-20-13-6-18/h5-6,12-13,17H,2-4,7-11,14-16H2,1H3. The Labute approximate surface area is 130 Å². The van der Waals surface area contributed by atoms with Crippen LogP contribution < -0.4 is 0 Å². The summed E-state index contributed by atoms with van der Waals surface area (Å²) in [7, 11) is 0. The Morgan fingerprint density at radius 3 is 2.38 bits per heavy atom. The fourth-order valence-corrected chi connectivity index (χ4v) is 4.29. The van der Waals surface area contributed by atoms with Crippen molar-refractivity contribution < 1.29 is 0 Å². The monoisotopic (exact) mass is 286 g/mol. The Morgan fingerprint density at radius 2 is 1.76 bits per heavy atom. The first-order valence-electron chi connectivity index (χ1n) is 8.91. The molecule has 2 nitrogen and oxygen atoms in total. The molecule has 1 aromatic heterocycles. The van der Waals surface area contributed by atoms with Gasteiger partial charge in [-0.3, -0.25) is 4.98 Å². The van der Waals surface area contributed by atoms with Gasteiger partial charge in [-0.25, -0.2) is 0 Å². The maximum Gasteiger partial charge on any atom is 0.0270 e. The quantitative estimate of drug-likeness (QED) is 0.820. The first-order valence-corrected chi connectivity index (χ1v) is 8.91. The van der Waals surface area contributed by atoms with Gasteiger partial charge in [0.1, 0.15) is 0 Å². The number of hydrogen-bond donors (Lipinski definition) is 0. The van der Waals surface area contributed by atoms with Crippen molar-refractivity contribution in [1.29, 1.82) is 0 Å². The lowest BCUT2D eigenvalue weighted by molar-refractivity contribution is 0.0520. The molecule has 0 radical (unpaired) electrons. The second-order valence-corrected chi connectivity index (χ2v) is 7.30. The predicted molar refractivity (Wildman–Crippen MR) is 88.3 cm³/mol. The number of nitrogens with zero attached hydrogens (tertiary/aromatic N) is 2. The van der Waals surface area contributed by atoms with Gasteiger partial charge >= 0.3 is 0 Å². The number of rotatable bonds is 4. The fraction of sp³-hybridized carbons (Fsp3) is 0.737. The van der Waals surface area contributed by atoms with Crippen LogP contribution in [0, 0.1) is 11.3 Å². The highest BCUT2D eigenvalue weighted by molar-refractivity contribution is 5.10. The highest BCUT2D eigenvalue weighted by Gasteiger charge is 2.37. The zero-order valence-electron chi connectivity index (χ0n) is 13.6. The van der Waals surface area contributed by atoms with Gasteiger partial charge in [0.05, 0.1) is 0 Å². The molecule has 116 valence electrons. The Balaban J connectivity index is 1.43. The summed E-state index contributed by atoms with van der Waals surface area (Å²) in [4.78, 5) is 6.77. The van der Waals surface area contributed by atoms with Crippen molar-refractivity contribution in [3.05, 3.63) is 30.1 Å². The molecule has 0 bridgehead atoms. The minimum Gasteiger partial charge on any atom is -0.303 e. The van der Waals surface area contributed by atoms with E-state index >= 15 is 0 Å². The smallest absolute Gasteiger partial charge is 0.0270 e. The van der Waals surface area contributed by atoms with Crippen molar-refractivity contribution in [3.8, 4) is 0 Å². The minimum absolute atomic E-state index is 0.721. The van der Waals surface area contributed by atoms with E-state index in [4.69, 9.17) is 0 Å². The lowest BCUT2D eigenvalue weighted by atomic mass is 9.65. The molecular weight excluding hydrogens is 256 g/mol. The zero-order valence-corrected chi connectivity index (χ0v) is 13.6. The first-order chi connectivity index (χ1) is 10.3. The van der Waals surface area contributed by atoms with E-state index in [1.807, 2.05) is 12.4 Å². The maximum atomic E-state index is 4.10. The summed E-state index contributed by atoms with van der Waals surface area (Å²) < 4.78 is 0. The van der Waals surface area contributed by atoms with Crippen LogP contribution in [0.5, 0.6) is 0 Å². The summed E-state index contributed by atoms with van der Waals surface area (Å²) in [5.41, 5.74) is 2.15. The molecule has 1 spiro atoms. The lowest BCUT2D eigenvalue weighted by Gasteiger charge is -2.46. The van der Waals surface area contributed by atoms with Crippen LogP contribution in [0.4, 0.5) is 0 Å². The van der Waals surface area contributed by atoms with Gasteiger partial charge in [-0.15, -0.1) is 0 Å². The summed E-state index contributed by atoms with van der Waals surface area (Å²) in [6.45, 7) is 6.23. The molecule has 0 amide bonds. The second-order valence-electron chi connectivity index (χ2n) is 7.30. The molecule has 0 aromatic carbocycles. The Hall–Kier alpha value is -0.890. The summed E-state index contributed by atoms with van der Waals surface area (Å²) in [5, 5.41) is 0. The topological polar surface area (TPSA) is 16.1 Å². The van der Waals surface area contributed by atoms with Crippen molar-refractivity contribution in [2.24, 2.45) is 11.3 Å². The third kappa shape index (κ3) is 3.85. The Bertz CT molecular complexity index is 410. The lowest BCUT2D eigenvalue weighted by Crippen LogP contribution is -2.42. The number of piperidine rings is 1. The van der Waals surface area contributed by atoms with E-state index in [-0.39, 0.29) is 0 Å². The molecule has 1 aliphatic carbocycles. The van der Waals surface area contributed by atoms with Crippen LogP contribution in [0.25, 0.3) is 0 Å². The maximum absolute atomic E-state index is 4.10. The van der Waals surface area contributed by atoms with E-state index in [1.165, 1.54) is 76.6 Å². The summed E-state index contributed by atoms with van der Waals surface area (Å²) in [5.74, 6) is 1.03. The number of pyridine rings is 1. The Kier molecular flexibility index (Phi) is 4.95. The van der Waals surface area contributed by atoms with Gasteiger partial charge in [0.25, 0.3) is 0 Å². The van der Waals surface area contributed by atoms with Crippen molar-refractivity contribution in [2.75, 3.05) is 19.6 Å². The molecule has 0 unspecified atom stereocenters. The fourth-order valence-electron chi connectivity index (χ4n) is 4.29. The van der Waals surface area contributed by atoms with Crippen LogP contribution >= 0.6 is 0 Å². The van der Waals surface area contributed by atoms with Gasteiger partial charge in [-0.2, -0.15) is 0 Å². The molecule has 2 heterocycles. The molecule has 2 aliphatic rings. The molecule has 21 heavy (non-hydrogen) atoms. The van der Waals surface area contributed by atoms with Crippen LogP contribution in [0.15, 0.2) is 24.5 Å². The molecule has 1 aliphatic heterocycles. The molecule has 0 N–H and O–H groups in total. The van der Waals surface area contributed by atoms with Gasteiger partial charge in [0, 0.05) is 18.9 Å². The molecule has 0 atom stereocenters. The van der Waals surface area contributed by atoms with E-state index in [9.17, 15) is 0 Å². The first kappa shape index (κ1) is 15.0. The van der Waals surface area contributed by atoms with Crippen molar-refractivity contribution >= 4 is 0 Å². The second kappa shape index (κ2) is 6.91. The number of aromatic nitrogens is 1. The van der Waals surface area contributed by atoms with E-state index in [0.717, 1.165) is 11.3 Å². The average Bonchev–Trinajstić information content (AvgIpc) is 2.56. The molecule has 1 saturated carbocycles. The zero-order chi connectivity index (χ0) is 14.5. The molecule has 1 aromatic rings. The van der Waals surface area contributed by atoms with Crippen molar-refractivity contribution in [3.63, 3.8) is 0 Å². The summed E-state index contributed by atoms with van der Waals surface area (Å²) in [6.07, 6.45) is 15.3. The molecule has 2 fully saturated rings. The van der Waals surface area contributed by atoms with Gasteiger partial charge in [0.2, 0.25) is 0 Å². The van der Waals surface area contributed by atoms with Gasteiger partial charge in [0.15, 0.2) is 0 Å². The predicted octanol–water partition coefficient (Wildman–Crippen LogP) is 4.31. The van der Waals surface area contributed by atoms with Crippen molar-refractivity contribution in [1.82, 2.24) is 9.88 Å². The van der Waals surface area contributed by atoms with E-state index in [1.54, 1.807) is 0 Å². The summed E-state index contributed by atoms with van der Waals surface area (Å²) >= 11 is 0. The SMILES string of the molecule is CCC1CCC2(CC1)CCN(CCc1ccncc1)CC2. The van der Waals surface area contributed by atoms with Crippen molar-refractivity contribution in [2.45, 2.75) is 58.3 Å². The molecule has 3 rings (SSSR count). The summed E-state index contributed by atoms with van der Waals surface area (Å²) in [6, 6.07) is 4.30. The Morgan fingerprint density at radius 1 is 1.10 bits per heavy atom. The average molecular weight is 286 g/mol. The van der Waals surface area contributed by atoms with Crippen LogP contribution in [0.1, 0.15) is 57.4 Å². The van der Waals surface area contributed by atoms with Crippen LogP contribution in [-0.2, 0) is 6.42 Å². The highest BCUT2D eigenvalue weighted by atomic mass is 15.1. The van der Waals surface area contributed by atoms with E-state index in [2.05, 4.69) is 28.9 Å². The van der Waals surface area contributed by atoms with Crippen LogP contribution in [-0.4, -0.2) is 29.5 Å². The molecular formula is C19H30N2. The van der Waals surface area contributed by atoms with Gasteiger partial charge in [-0.05, 0) is 87.1 Å². The number of likely N-dealkylation sites (tertiary alicyclic amines) is 1. The van der Waals surface area contributed by atoms with E-state index in [0.29, 0.717) is 0 Å². The van der Waals surface area contributed by atoms with Gasteiger partial charge < -0.3 is 4.90 Å². The minimum atomic E-state index is 0.721. The normalized spacial score (nSPS) is 23.5. The third-order valence-electron chi connectivity index (χ3n) is 6.13. The van der Waals surface area contributed by atoms with E-state index < -0.39 is 0 Å². The molecule has 1 saturated heterocycles. The largest absolute Gasteiger partial charge is 0.303 e.